The van der Waals surface area contributed by atoms with Gasteiger partial charge in [-0.2, -0.15) is 5.10 Å². The van der Waals surface area contributed by atoms with E-state index < -0.39 is 0 Å². The van der Waals surface area contributed by atoms with E-state index >= 15 is 0 Å². The first-order valence-corrected chi connectivity index (χ1v) is 9.50. The summed E-state index contributed by atoms with van der Waals surface area (Å²) < 4.78 is 6.94. The number of rotatable bonds is 7. The number of aromatic nitrogens is 4. The number of nitrogens with one attached hydrogen (secondary N) is 2. The lowest BCUT2D eigenvalue weighted by Gasteiger charge is -2.07. The van der Waals surface area contributed by atoms with Gasteiger partial charge in [-0.15, -0.1) is 0 Å². The maximum atomic E-state index is 12.4. The van der Waals surface area contributed by atoms with E-state index in [0.29, 0.717) is 31.2 Å². The molecule has 1 fully saturated rings. The van der Waals surface area contributed by atoms with Crippen LogP contribution >= 0.6 is 0 Å². The summed E-state index contributed by atoms with van der Waals surface area (Å²) >= 11 is 0. The summed E-state index contributed by atoms with van der Waals surface area (Å²) in [6.07, 6.45) is 4.44. The van der Waals surface area contributed by atoms with E-state index in [-0.39, 0.29) is 5.91 Å². The van der Waals surface area contributed by atoms with E-state index in [4.69, 9.17) is 9.84 Å². The average Bonchev–Trinajstić information content (AvgIpc) is 3.37. The first-order valence-electron chi connectivity index (χ1n) is 9.50. The number of ether oxygens (including phenoxy) is 1. The van der Waals surface area contributed by atoms with Gasteiger partial charge in [-0.25, -0.2) is 14.6 Å². The van der Waals surface area contributed by atoms with Gasteiger partial charge in [0.25, 0.3) is 5.91 Å². The second-order valence-electron chi connectivity index (χ2n) is 6.91. The molecule has 2 aromatic heterocycles. The van der Waals surface area contributed by atoms with Crippen molar-refractivity contribution >= 4 is 17.1 Å². The molecule has 0 bridgehead atoms. The number of nitrogens with zero attached hydrogens (tertiary/aromatic N) is 4. The Morgan fingerprint density at radius 1 is 1.29 bits per heavy atom. The van der Waals surface area contributed by atoms with Gasteiger partial charge < -0.3 is 15.4 Å². The topological polar surface area (TPSA) is 94.0 Å². The van der Waals surface area contributed by atoms with Crippen LogP contribution in [-0.2, 0) is 17.9 Å². The van der Waals surface area contributed by atoms with Crippen LogP contribution < -0.4 is 10.6 Å². The Hall–Kier alpha value is -2.84. The molecule has 28 heavy (non-hydrogen) atoms. The fourth-order valence-corrected chi connectivity index (χ4v) is 3.54. The van der Waals surface area contributed by atoms with Crippen molar-refractivity contribution in [2.24, 2.45) is 0 Å². The van der Waals surface area contributed by atoms with Gasteiger partial charge in [-0.05, 0) is 30.7 Å². The molecule has 1 aliphatic rings. The molecule has 8 nitrogen and oxygen atoms in total. The second kappa shape index (κ2) is 8.45. The third-order valence-electron chi connectivity index (χ3n) is 4.98. The van der Waals surface area contributed by atoms with Gasteiger partial charge in [0, 0.05) is 44.1 Å². The zero-order chi connectivity index (χ0) is 19.3. The highest BCUT2D eigenvalue weighted by Crippen LogP contribution is 2.26. The number of carbonyl (C=O) groups is 1. The Kier molecular flexibility index (Phi) is 5.59. The van der Waals surface area contributed by atoms with Crippen molar-refractivity contribution in [2.75, 3.05) is 26.7 Å². The number of methoxy groups -OCH3 is 1. The van der Waals surface area contributed by atoms with E-state index in [1.165, 1.54) is 0 Å². The largest absolute Gasteiger partial charge is 0.380 e. The van der Waals surface area contributed by atoms with Crippen molar-refractivity contribution in [3.05, 3.63) is 53.5 Å². The van der Waals surface area contributed by atoms with Crippen LogP contribution in [0.2, 0.25) is 0 Å². The number of fused-ring (bicyclic) bond motifs is 1. The summed E-state index contributed by atoms with van der Waals surface area (Å²) in [6.45, 7) is 3.46. The van der Waals surface area contributed by atoms with Crippen molar-refractivity contribution in [3.63, 3.8) is 0 Å². The standard InChI is InChI=1S/C20H24N6O2/c1-28-13-14-2-4-15(5-3-14)20(27)24-10-11-26-19-18(22-8-9-23-19)17(25-26)16-6-7-21-12-16/h2-5,8-9,16,21H,6-7,10-13H2,1H3,(H,24,27)/t16-/m1/s1. The molecule has 8 heteroatoms. The van der Waals surface area contributed by atoms with Crippen LogP contribution in [0.3, 0.4) is 0 Å². The molecule has 3 aromatic rings. The van der Waals surface area contributed by atoms with Crippen molar-refractivity contribution in [2.45, 2.75) is 25.5 Å². The molecule has 1 aromatic carbocycles. The quantitative estimate of drug-likeness (QED) is 0.645. The van der Waals surface area contributed by atoms with Crippen molar-refractivity contribution in [1.29, 1.82) is 0 Å². The van der Waals surface area contributed by atoms with E-state index in [2.05, 4.69) is 20.6 Å². The monoisotopic (exact) mass is 380 g/mol. The van der Waals surface area contributed by atoms with Crippen molar-refractivity contribution in [3.8, 4) is 0 Å². The smallest absolute Gasteiger partial charge is 0.251 e. The zero-order valence-electron chi connectivity index (χ0n) is 15.9. The second-order valence-corrected chi connectivity index (χ2v) is 6.91. The third-order valence-corrected chi connectivity index (χ3v) is 4.98. The molecule has 0 radical (unpaired) electrons. The predicted octanol–water partition coefficient (Wildman–Crippen LogP) is 1.48. The Morgan fingerprint density at radius 3 is 2.86 bits per heavy atom. The van der Waals surface area contributed by atoms with Crippen LogP contribution in [0.25, 0.3) is 11.2 Å². The van der Waals surface area contributed by atoms with Gasteiger partial charge in [0.1, 0.15) is 5.52 Å². The van der Waals surface area contributed by atoms with Crippen molar-refractivity contribution in [1.82, 2.24) is 30.4 Å². The molecule has 4 rings (SSSR count). The molecular formula is C20H24N6O2. The first-order chi connectivity index (χ1) is 13.8. The number of hydrogen-bond donors (Lipinski definition) is 2. The van der Waals surface area contributed by atoms with Crippen molar-refractivity contribution < 1.29 is 9.53 Å². The number of benzene rings is 1. The Bertz CT molecular complexity index is 947. The van der Waals surface area contributed by atoms with Gasteiger partial charge in [0.15, 0.2) is 5.65 Å². The minimum absolute atomic E-state index is 0.105. The number of amides is 1. The maximum absolute atomic E-state index is 12.4. The minimum atomic E-state index is -0.105. The molecular weight excluding hydrogens is 356 g/mol. The normalized spacial score (nSPS) is 16.5. The number of hydrogen-bond acceptors (Lipinski definition) is 6. The summed E-state index contributed by atoms with van der Waals surface area (Å²) in [6, 6.07) is 7.42. The fraction of sp³-hybridized carbons (Fsp3) is 0.400. The van der Waals surface area contributed by atoms with Crippen LogP contribution in [-0.4, -0.2) is 52.4 Å². The van der Waals surface area contributed by atoms with Crippen LogP contribution in [0.15, 0.2) is 36.7 Å². The highest BCUT2D eigenvalue weighted by atomic mass is 16.5. The van der Waals surface area contributed by atoms with Crippen LogP contribution in [0, 0.1) is 0 Å². The molecule has 0 saturated carbocycles. The average molecular weight is 380 g/mol. The highest BCUT2D eigenvalue weighted by Gasteiger charge is 2.24. The summed E-state index contributed by atoms with van der Waals surface area (Å²) in [7, 11) is 1.65. The summed E-state index contributed by atoms with van der Waals surface area (Å²) in [5.74, 6) is 0.257. The molecule has 2 N–H and O–H groups in total. The van der Waals surface area contributed by atoms with E-state index in [1.807, 2.05) is 28.9 Å². The van der Waals surface area contributed by atoms with E-state index in [9.17, 15) is 4.79 Å². The Morgan fingerprint density at radius 2 is 2.11 bits per heavy atom. The molecule has 3 heterocycles. The van der Waals surface area contributed by atoms with Gasteiger partial charge in [-0.3, -0.25) is 4.79 Å². The lowest BCUT2D eigenvalue weighted by molar-refractivity contribution is 0.0952. The molecule has 0 aliphatic carbocycles. The maximum Gasteiger partial charge on any atom is 0.251 e. The Labute approximate surface area is 163 Å². The molecule has 0 unspecified atom stereocenters. The fourth-order valence-electron chi connectivity index (χ4n) is 3.54. The molecule has 0 spiro atoms. The molecule has 1 atom stereocenters. The lowest BCUT2D eigenvalue weighted by atomic mass is 10.0. The number of carbonyl (C=O) groups excluding carboxylic acids is 1. The van der Waals surface area contributed by atoms with Gasteiger partial charge in [0.05, 0.1) is 18.8 Å². The SMILES string of the molecule is COCc1ccc(C(=O)NCCn2nc([C@@H]3CCNC3)c3nccnc32)cc1. The van der Waals surface area contributed by atoms with Gasteiger partial charge in [-0.1, -0.05) is 12.1 Å². The zero-order valence-corrected chi connectivity index (χ0v) is 15.9. The molecule has 1 amide bonds. The van der Waals surface area contributed by atoms with Crippen LogP contribution in [0.5, 0.6) is 0 Å². The van der Waals surface area contributed by atoms with Crippen LogP contribution in [0.1, 0.15) is 34.0 Å². The minimum Gasteiger partial charge on any atom is -0.380 e. The molecule has 1 aliphatic heterocycles. The van der Waals surface area contributed by atoms with Gasteiger partial charge >= 0.3 is 0 Å². The summed E-state index contributed by atoms with van der Waals surface area (Å²) in [5.41, 5.74) is 4.28. The van der Waals surface area contributed by atoms with E-state index in [0.717, 1.165) is 41.9 Å². The third kappa shape index (κ3) is 3.88. The Balaban J connectivity index is 1.42. The highest BCUT2D eigenvalue weighted by molar-refractivity contribution is 5.94. The van der Waals surface area contributed by atoms with Gasteiger partial charge in [0.2, 0.25) is 0 Å². The molecule has 1 saturated heterocycles. The first kappa shape index (κ1) is 18.5. The summed E-state index contributed by atoms with van der Waals surface area (Å²) in [5, 5.41) is 11.1. The predicted molar refractivity (Wildman–Crippen MR) is 105 cm³/mol. The summed E-state index contributed by atoms with van der Waals surface area (Å²) in [4.78, 5) is 21.3. The van der Waals surface area contributed by atoms with E-state index in [1.54, 1.807) is 19.5 Å². The molecule has 146 valence electrons. The lowest BCUT2D eigenvalue weighted by Crippen LogP contribution is -2.27. The van der Waals surface area contributed by atoms with Crippen LogP contribution in [0.4, 0.5) is 0 Å².